The van der Waals surface area contributed by atoms with Crippen LogP contribution < -0.4 is 30.7 Å². The van der Waals surface area contributed by atoms with Crippen LogP contribution in [0.4, 0.5) is 11.4 Å². The Bertz CT molecular complexity index is 1320. The van der Waals surface area contributed by atoms with Crippen LogP contribution in [0.15, 0.2) is 58.5 Å². The monoisotopic (exact) mass is 670 g/mol. The van der Waals surface area contributed by atoms with Crippen molar-refractivity contribution in [1.82, 2.24) is 10.6 Å². The minimum atomic E-state index is -0.126. The van der Waals surface area contributed by atoms with Gasteiger partial charge in [-0.1, -0.05) is 89.2 Å². The van der Waals surface area contributed by atoms with Gasteiger partial charge in [0.25, 0.3) is 0 Å². The number of benzene rings is 2. The average molecular weight is 671 g/mol. The Morgan fingerprint density at radius 3 is 1.51 bits per heavy atom. The molecule has 0 saturated heterocycles. The first-order chi connectivity index (χ1) is 24.1. The Balaban J connectivity index is 1.03. The van der Waals surface area contributed by atoms with Crippen molar-refractivity contribution < 1.29 is 9.47 Å². The molecule has 0 radical (unpaired) electrons. The molecule has 0 spiro atoms. The summed E-state index contributed by atoms with van der Waals surface area (Å²) in [5.41, 5.74) is 1.99. The SMILES string of the molecule is CC(COc1cccc(NC(=NC2CCCCC2)NC2CCCCC2)c1)Oc1cccc(NC(=NC2CCCCC2)NC2CCCCC2)c1. The molecule has 0 aliphatic heterocycles. The highest BCUT2D eigenvalue weighted by molar-refractivity contribution is 5.94. The van der Waals surface area contributed by atoms with Gasteiger partial charge in [0, 0.05) is 35.6 Å². The van der Waals surface area contributed by atoms with Gasteiger partial charge < -0.3 is 30.7 Å². The molecule has 268 valence electrons. The highest BCUT2D eigenvalue weighted by atomic mass is 16.5. The molecule has 1 atom stereocenters. The van der Waals surface area contributed by atoms with Gasteiger partial charge in [-0.05, 0) is 82.6 Å². The van der Waals surface area contributed by atoms with Crippen LogP contribution in [0.25, 0.3) is 0 Å². The fourth-order valence-electron chi connectivity index (χ4n) is 7.94. The molecule has 0 heterocycles. The summed E-state index contributed by atoms with van der Waals surface area (Å²) in [6.45, 7) is 2.51. The van der Waals surface area contributed by atoms with Gasteiger partial charge in [0.05, 0.1) is 12.1 Å². The summed E-state index contributed by atoms with van der Waals surface area (Å²) < 4.78 is 12.6. The van der Waals surface area contributed by atoms with Crippen molar-refractivity contribution in [1.29, 1.82) is 0 Å². The summed E-state index contributed by atoms with van der Waals surface area (Å²) in [6.07, 6.45) is 25.2. The number of aliphatic imine (C=N–C) groups is 2. The Kier molecular flexibility index (Phi) is 13.8. The van der Waals surface area contributed by atoms with E-state index in [1.165, 1.54) is 128 Å². The third kappa shape index (κ3) is 12.1. The first kappa shape index (κ1) is 35.4. The van der Waals surface area contributed by atoms with Crippen LogP contribution >= 0.6 is 0 Å². The molecule has 0 amide bonds. The van der Waals surface area contributed by atoms with Crippen LogP contribution in [0.1, 0.15) is 135 Å². The van der Waals surface area contributed by atoms with E-state index in [1.54, 1.807) is 0 Å². The summed E-state index contributed by atoms with van der Waals surface area (Å²) in [7, 11) is 0. The van der Waals surface area contributed by atoms with E-state index in [4.69, 9.17) is 19.5 Å². The van der Waals surface area contributed by atoms with Crippen molar-refractivity contribution >= 4 is 23.3 Å². The maximum absolute atomic E-state index is 6.35. The molecule has 4 saturated carbocycles. The van der Waals surface area contributed by atoms with Gasteiger partial charge in [-0.15, -0.1) is 0 Å². The van der Waals surface area contributed by atoms with Gasteiger partial charge in [-0.3, -0.25) is 0 Å². The second-order valence-electron chi connectivity index (χ2n) is 15.0. The van der Waals surface area contributed by atoms with Crippen molar-refractivity contribution in [2.24, 2.45) is 9.98 Å². The van der Waals surface area contributed by atoms with Crippen molar-refractivity contribution in [2.75, 3.05) is 17.2 Å². The molecule has 2 aromatic carbocycles. The predicted molar refractivity (Wildman–Crippen MR) is 204 cm³/mol. The highest BCUT2D eigenvalue weighted by Crippen LogP contribution is 2.25. The van der Waals surface area contributed by atoms with Crippen molar-refractivity contribution in [3.05, 3.63) is 48.5 Å². The minimum Gasteiger partial charge on any atom is -0.490 e. The summed E-state index contributed by atoms with van der Waals surface area (Å²) in [5, 5.41) is 14.8. The molecule has 8 nitrogen and oxygen atoms in total. The standard InChI is InChI=1S/C41H62N6O2/c1-31(49-39-27-15-25-37(29-39)47-41(44-34-20-10-4-11-21-34)45-35-22-12-5-13-23-35)30-48-38-26-14-24-36(28-38)46-40(42-32-16-6-2-7-17-32)43-33-18-8-3-9-19-33/h14-15,24-29,31-35H,2-13,16-23,30H2,1H3,(H2,42,43,46)(H2,44,45,47). The number of hydrogen-bond acceptors (Lipinski definition) is 4. The van der Waals surface area contributed by atoms with Gasteiger partial charge in [0.15, 0.2) is 11.9 Å². The normalized spacial score (nSPS) is 21.5. The first-order valence-electron chi connectivity index (χ1n) is 19.9. The molecule has 4 aliphatic carbocycles. The quantitative estimate of drug-likeness (QED) is 0.141. The average Bonchev–Trinajstić information content (AvgIpc) is 3.13. The molecule has 8 heteroatoms. The second-order valence-corrected chi connectivity index (χ2v) is 15.0. The lowest BCUT2D eigenvalue weighted by Crippen LogP contribution is -2.41. The van der Waals surface area contributed by atoms with Crippen LogP contribution in [0, 0.1) is 0 Å². The van der Waals surface area contributed by atoms with E-state index in [9.17, 15) is 0 Å². The van der Waals surface area contributed by atoms with Crippen LogP contribution in [0.3, 0.4) is 0 Å². The van der Waals surface area contributed by atoms with E-state index in [0.29, 0.717) is 30.8 Å². The number of rotatable bonds is 11. The van der Waals surface area contributed by atoms with Crippen molar-refractivity contribution in [3.8, 4) is 11.5 Å². The van der Waals surface area contributed by atoms with Gasteiger partial charge in [-0.25, -0.2) is 9.98 Å². The second kappa shape index (κ2) is 19.1. The van der Waals surface area contributed by atoms with E-state index in [2.05, 4.69) is 52.5 Å². The zero-order valence-electron chi connectivity index (χ0n) is 30.1. The van der Waals surface area contributed by atoms with Crippen LogP contribution in [0.2, 0.25) is 0 Å². The molecule has 4 aliphatic rings. The Hall–Kier alpha value is -3.42. The number of nitrogens with zero attached hydrogens (tertiary/aromatic N) is 2. The summed E-state index contributed by atoms with van der Waals surface area (Å²) in [6, 6.07) is 18.3. The van der Waals surface area contributed by atoms with Crippen molar-refractivity contribution in [3.63, 3.8) is 0 Å². The van der Waals surface area contributed by atoms with Gasteiger partial charge in [-0.2, -0.15) is 0 Å². The van der Waals surface area contributed by atoms with E-state index >= 15 is 0 Å². The molecule has 6 rings (SSSR count). The molecular weight excluding hydrogens is 608 g/mol. The number of hydrogen-bond donors (Lipinski definition) is 4. The van der Waals surface area contributed by atoms with Gasteiger partial charge in [0.2, 0.25) is 0 Å². The van der Waals surface area contributed by atoms with Crippen molar-refractivity contribution in [2.45, 2.75) is 166 Å². The lowest BCUT2D eigenvalue weighted by atomic mass is 9.95. The third-order valence-electron chi connectivity index (χ3n) is 10.7. The molecule has 49 heavy (non-hydrogen) atoms. The summed E-state index contributed by atoms with van der Waals surface area (Å²) in [5.74, 6) is 3.48. The fourth-order valence-corrected chi connectivity index (χ4v) is 7.94. The molecule has 0 bridgehead atoms. The van der Waals surface area contributed by atoms with Crippen LogP contribution in [-0.4, -0.2) is 48.8 Å². The van der Waals surface area contributed by atoms with Gasteiger partial charge >= 0.3 is 0 Å². The molecule has 1 unspecified atom stereocenters. The Morgan fingerprint density at radius 1 is 0.592 bits per heavy atom. The zero-order valence-corrected chi connectivity index (χ0v) is 30.1. The third-order valence-corrected chi connectivity index (χ3v) is 10.7. The first-order valence-corrected chi connectivity index (χ1v) is 19.9. The number of guanidine groups is 2. The maximum Gasteiger partial charge on any atom is 0.196 e. The Labute approximate surface area is 295 Å². The van der Waals surface area contributed by atoms with E-state index in [-0.39, 0.29) is 6.10 Å². The van der Waals surface area contributed by atoms with Crippen LogP contribution in [-0.2, 0) is 0 Å². The van der Waals surface area contributed by atoms with E-state index in [0.717, 1.165) is 34.8 Å². The molecule has 4 fully saturated rings. The zero-order chi connectivity index (χ0) is 33.5. The molecular formula is C41H62N6O2. The minimum absolute atomic E-state index is 0.126. The summed E-state index contributed by atoms with van der Waals surface area (Å²) in [4.78, 5) is 10.4. The molecule has 0 aromatic heterocycles. The van der Waals surface area contributed by atoms with Crippen LogP contribution in [0.5, 0.6) is 11.5 Å². The highest BCUT2D eigenvalue weighted by Gasteiger charge is 2.20. The van der Waals surface area contributed by atoms with E-state index in [1.807, 2.05) is 24.3 Å². The van der Waals surface area contributed by atoms with Gasteiger partial charge in [0.1, 0.15) is 24.2 Å². The molecule has 2 aromatic rings. The largest absolute Gasteiger partial charge is 0.490 e. The fraction of sp³-hybridized carbons (Fsp3) is 0.659. The Morgan fingerprint density at radius 2 is 1.02 bits per heavy atom. The van der Waals surface area contributed by atoms with E-state index < -0.39 is 0 Å². The number of anilines is 2. The lowest BCUT2D eigenvalue weighted by molar-refractivity contribution is 0.143. The maximum atomic E-state index is 6.35. The number of nitrogens with one attached hydrogen (secondary N) is 4. The smallest absolute Gasteiger partial charge is 0.196 e. The topological polar surface area (TPSA) is 91.3 Å². The number of ether oxygens (including phenoxy) is 2. The lowest BCUT2D eigenvalue weighted by Gasteiger charge is -2.27. The predicted octanol–water partition coefficient (Wildman–Crippen LogP) is 9.58. The molecule has 4 N–H and O–H groups in total. The summed E-state index contributed by atoms with van der Waals surface area (Å²) >= 11 is 0.